The number of rotatable bonds is 9. The van der Waals surface area contributed by atoms with Crippen molar-refractivity contribution in [3.8, 4) is 62.0 Å². The molecule has 0 unspecified atom stereocenters. The molecule has 3 heterocycles. The summed E-state index contributed by atoms with van der Waals surface area (Å²) in [5, 5.41) is 13.9. The van der Waals surface area contributed by atoms with Gasteiger partial charge in [0.1, 0.15) is 11.6 Å². The fraction of sp³-hybridized carbons (Fsp3) is 0.167. The van der Waals surface area contributed by atoms with Gasteiger partial charge in [0.15, 0.2) is 0 Å². The maximum absolute atomic E-state index is 11.5. The molecule has 0 saturated carbocycles. The molecular weight excluding hydrogens is 1150 g/mol. The van der Waals surface area contributed by atoms with Gasteiger partial charge in [-0.3, -0.25) is 9.55 Å². The zero-order valence-electron chi connectivity index (χ0n) is 46.3. The van der Waals surface area contributed by atoms with E-state index < -0.39 is 0 Å². The second-order valence-electron chi connectivity index (χ2n) is 23.7. The van der Waals surface area contributed by atoms with Gasteiger partial charge in [-0.15, -0.1) is 29.3 Å². The Kier molecular flexibility index (Phi) is 13.7. The Morgan fingerprint density at radius 3 is 1.66 bits per heavy atom. The Balaban J connectivity index is 0.00000660. The Morgan fingerprint density at radius 1 is 0.443 bits per heavy atom. The van der Waals surface area contributed by atoms with Crippen LogP contribution in [0.2, 0.25) is 0 Å². The molecule has 0 aliphatic rings. The topological polar surface area (TPSA) is 59.1 Å². The third kappa shape index (κ3) is 9.89. The van der Waals surface area contributed by atoms with Crippen molar-refractivity contribution in [3.63, 3.8) is 0 Å². The molecule has 12 rings (SSSR count). The minimum atomic E-state index is -0.203. The van der Waals surface area contributed by atoms with Gasteiger partial charge >= 0.3 is 0 Å². The summed E-state index contributed by atoms with van der Waals surface area (Å²) in [5.74, 6) is 0.851. The summed E-state index contributed by atoms with van der Waals surface area (Å²) in [5.41, 5.74) is 19.0. The minimum absolute atomic E-state index is 0. The molecule has 79 heavy (non-hydrogen) atoms. The number of aromatic hydroxyl groups is 1. The van der Waals surface area contributed by atoms with Crippen molar-refractivity contribution in [1.82, 2.24) is 19.1 Å². The van der Waals surface area contributed by atoms with Gasteiger partial charge in [0.2, 0.25) is 0 Å². The third-order valence-corrected chi connectivity index (χ3v) is 15.2. The van der Waals surface area contributed by atoms with Crippen molar-refractivity contribution in [3.05, 3.63) is 241 Å². The number of anilines is 3. The van der Waals surface area contributed by atoms with Crippen LogP contribution in [0.4, 0.5) is 17.1 Å². The summed E-state index contributed by atoms with van der Waals surface area (Å²) in [6, 6.07) is 79.0. The number of para-hydroxylation sites is 5. The first kappa shape index (κ1) is 52.7. The molecule has 0 bridgehead atoms. The standard InChI is InChI=1S/C72H64N5O.Pt/c1-70(2,3)50-40-48(59-32-22-35-65-68(59)74-69(61-30-17-19-36-66(61)78)77(65)57-44-51(71(4,5)6)43-52(45-57)72(7,8)9)39-49(41-50)62-42-47(37-38-73-62)58-31-21-34-64-67(58)60-29-16-18-33-63(60)76(64)56-28-20-27-55(46-56)75(53-23-12-10-13-24-53)54-25-14-11-15-26-54;/h10-38,40-46,78H,1-9H3;/q-1;. The maximum Gasteiger partial charge on any atom is 0.148 e. The largest absolute Gasteiger partial charge is 0.507 e. The minimum Gasteiger partial charge on any atom is -0.507 e. The van der Waals surface area contributed by atoms with Gasteiger partial charge in [-0.05, 0) is 129 Å². The van der Waals surface area contributed by atoms with Crippen LogP contribution < -0.4 is 4.90 Å². The maximum atomic E-state index is 11.5. The normalized spacial score (nSPS) is 12.1. The Bertz CT molecular complexity index is 4160. The first-order valence-electron chi connectivity index (χ1n) is 27.0. The van der Waals surface area contributed by atoms with Gasteiger partial charge in [-0.25, -0.2) is 4.98 Å². The van der Waals surface area contributed by atoms with E-state index in [0.717, 1.165) is 89.6 Å². The van der Waals surface area contributed by atoms with E-state index in [1.54, 1.807) is 6.07 Å². The van der Waals surface area contributed by atoms with Crippen LogP contribution in [-0.4, -0.2) is 24.2 Å². The van der Waals surface area contributed by atoms with Gasteiger partial charge in [-0.2, -0.15) is 0 Å². The summed E-state index contributed by atoms with van der Waals surface area (Å²) in [4.78, 5) is 12.9. The number of imidazole rings is 1. The molecule has 0 aliphatic heterocycles. The number of aromatic nitrogens is 4. The molecule has 12 aromatic rings. The number of phenolic OH excluding ortho intramolecular Hbond substituents is 1. The zero-order chi connectivity index (χ0) is 54.1. The second-order valence-corrected chi connectivity index (χ2v) is 23.7. The van der Waals surface area contributed by atoms with Crippen molar-refractivity contribution < 1.29 is 26.2 Å². The van der Waals surface area contributed by atoms with Crippen LogP contribution in [0, 0.1) is 6.07 Å². The van der Waals surface area contributed by atoms with E-state index in [-0.39, 0.29) is 43.1 Å². The Hall–Kier alpha value is -8.31. The molecular formula is C72H64N5OPt-. The molecule has 0 radical (unpaired) electrons. The van der Waals surface area contributed by atoms with Crippen molar-refractivity contribution in [2.45, 2.75) is 78.6 Å². The number of fused-ring (bicyclic) bond motifs is 4. The first-order valence-corrected chi connectivity index (χ1v) is 27.0. The predicted molar refractivity (Wildman–Crippen MR) is 326 cm³/mol. The van der Waals surface area contributed by atoms with E-state index in [2.05, 4.69) is 270 Å². The van der Waals surface area contributed by atoms with Gasteiger partial charge in [0.25, 0.3) is 0 Å². The van der Waals surface area contributed by atoms with E-state index in [1.165, 1.54) is 21.9 Å². The van der Waals surface area contributed by atoms with E-state index in [9.17, 15) is 5.11 Å². The van der Waals surface area contributed by atoms with Crippen LogP contribution in [0.1, 0.15) is 79.0 Å². The van der Waals surface area contributed by atoms with Crippen molar-refractivity contribution in [1.29, 1.82) is 0 Å². The molecule has 394 valence electrons. The van der Waals surface area contributed by atoms with E-state index in [0.29, 0.717) is 11.4 Å². The summed E-state index contributed by atoms with van der Waals surface area (Å²) in [6.45, 7) is 20.4. The number of hydrogen-bond acceptors (Lipinski definition) is 4. The smallest absolute Gasteiger partial charge is 0.148 e. The molecule has 0 fully saturated rings. The molecule has 0 amide bonds. The first-order chi connectivity index (χ1) is 37.5. The van der Waals surface area contributed by atoms with E-state index in [4.69, 9.17) is 9.97 Å². The molecule has 0 aliphatic carbocycles. The average molecular weight is 1210 g/mol. The van der Waals surface area contributed by atoms with Crippen molar-refractivity contribution in [2.24, 2.45) is 0 Å². The fourth-order valence-electron chi connectivity index (χ4n) is 11.0. The number of hydrogen-bond donors (Lipinski definition) is 1. The quantitative estimate of drug-likeness (QED) is 0.146. The Morgan fingerprint density at radius 2 is 0.987 bits per heavy atom. The average Bonchev–Trinajstić information content (AvgIpc) is 4.15. The van der Waals surface area contributed by atoms with Gasteiger partial charge in [-0.1, -0.05) is 183 Å². The molecule has 0 spiro atoms. The van der Waals surface area contributed by atoms with Gasteiger partial charge < -0.3 is 14.6 Å². The predicted octanol–water partition coefficient (Wildman–Crippen LogP) is 19.1. The second kappa shape index (κ2) is 20.5. The van der Waals surface area contributed by atoms with Gasteiger partial charge in [0, 0.05) is 72.2 Å². The third-order valence-electron chi connectivity index (χ3n) is 15.2. The van der Waals surface area contributed by atoms with Crippen LogP contribution in [0.5, 0.6) is 5.75 Å². The zero-order valence-corrected chi connectivity index (χ0v) is 48.6. The molecule has 0 atom stereocenters. The molecule has 7 heteroatoms. The molecule has 3 aromatic heterocycles. The summed E-state index contributed by atoms with van der Waals surface area (Å²) >= 11 is 0. The Labute approximate surface area is 479 Å². The van der Waals surface area contributed by atoms with E-state index in [1.807, 2.05) is 24.4 Å². The SMILES string of the molecule is CC(C)(C)c1cc(-c2cc(-c3cccc4c3c3ccccc3n4-c3cccc(N(c4ccccc4)c4ccccc4)c3)ccn2)[c-]c(-c2cccc3c2nc(-c2ccccc2O)n3-c2cc(C(C)(C)C)cc(C(C)(C)C)c2)c1.[Pt]. The van der Waals surface area contributed by atoms with Crippen molar-refractivity contribution >= 4 is 49.9 Å². The molecule has 9 aromatic carbocycles. The molecule has 6 nitrogen and oxygen atoms in total. The van der Waals surface area contributed by atoms with Crippen LogP contribution in [0.3, 0.4) is 0 Å². The van der Waals surface area contributed by atoms with Crippen LogP contribution in [0.15, 0.2) is 219 Å². The molecule has 0 saturated heterocycles. The van der Waals surface area contributed by atoms with E-state index >= 15 is 0 Å². The number of pyridine rings is 1. The summed E-state index contributed by atoms with van der Waals surface area (Å²) < 4.78 is 4.63. The number of phenols is 1. The monoisotopic (exact) mass is 1210 g/mol. The van der Waals surface area contributed by atoms with Crippen LogP contribution in [-0.2, 0) is 37.3 Å². The van der Waals surface area contributed by atoms with Gasteiger partial charge in [0.05, 0.1) is 27.6 Å². The molecule has 1 N–H and O–H groups in total. The summed E-state index contributed by atoms with van der Waals surface area (Å²) in [7, 11) is 0. The van der Waals surface area contributed by atoms with Crippen LogP contribution in [0.25, 0.3) is 89.1 Å². The summed E-state index contributed by atoms with van der Waals surface area (Å²) in [6.07, 6.45) is 1.93. The fourth-order valence-corrected chi connectivity index (χ4v) is 11.0. The number of nitrogens with zero attached hydrogens (tertiary/aromatic N) is 5. The van der Waals surface area contributed by atoms with Crippen LogP contribution >= 0.6 is 0 Å². The number of benzene rings is 9. The van der Waals surface area contributed by atoms with Crippen molar-refractivity contribution in [2.75, 3.05) is 4.90 Å².